The van der Waals surface area contributed by atoms with Crippen LogP contribution in [0.25, 0.3) is 0 Å². The molecule has 0 spiro atoms. The molecule has 1 aliphatic carbocycles. The zero-order chi connectivity index (χ0) is 15.1. The Labute approximate surface area is 126 Å². The van der Waals surface area contributed by atoms with Gasteiger partial charge in [0, 0.05) is 12.3 Å². The summed E-state index contributed by atoms with van der Waals surface area (Å²) in [6.07, 6.45) is 6.54. The van der Waals surface area contributed by atoms with Crippen molar-refractivity contribution < 1.29 is 9.47 Å². The summed E-state index contributed by atoms with van der Waals surface area (Å²) < 4.78 is 11.2. The second kappa shape index (κ2) is 7.98. The second-order valence-electron chi connectivity index (χ2n) is 5.38. The van der Waals surface area contributed by atoms with Gasteiger partial charge in [-0.1, -0.05) is 13.3 Å². The van der Waals surface area contributed by atoms with Gasteiger partial charge in [-0.2, -0.15) is 0 Å². The van der Waals surface area contributed by atoms with Crippen molar-refractivity contribution in [2.45, 2.75) is 45.4 Å². The van der Waals surface area contributed by atoms with E-state index in [4.69, 9.17) is 20.6 Å². The molecule has 21 heavy (non-hydrogen) atoms. The molecule has 0 saturated carbocycles. The van der Waals surface area contributed by atoms with E-state index in [0.717, 1.165) is 38.0 Å². The first-order chi connectivity index (χ1) is 10.2. The number of fused-ring (bicyclic) bond motifs is 1. The first-order valence-electron chi connectivity index (χ1n) is 7.80. The van der Waals surface area contributed by atoms with Crippen LogP contribution in [0.3, 0.4) is 0 Å². The number of aryl methyl sites for hydroxylation is 2. The van der Waals surface area contributed by atoms with Gasteiger partial charge in [-0.3, -0.25) is 5.41 Å². The normalized spacial score (nSPS) is 13.8. The monoisotopic (exact) mass is 291 g/mol. The number of nitrogen functional groups attached to an aromatic ring is 1. The second-order valence-corrected chi connectivity index (χ2v) is 5.38. The minimum Gasteiger partial charge on any atom is -0.475 e. The van der Waals surface area contributed by atoms with Gasteiger partial charge in [0.25, 0.3) is 0 Å². The van der Waals surface area contributed by atoms with E-state index in [9.17, 15) is 0 Å². The van der Waals surface area contributed by atoms with Crippen LogP contribution in [0.4, 0.5) is 0 Å². The highest BCUT2D eigenvalue weighted by Gasteiger charge is 2.17. The highest BCUT2D eigenvalue weighted by atomic mass is 16.5. The van der Waals surface area contributed by atoms with Gasteiger partial charge in [0.2, 0.25) is 5.88 Å². The van der Waals surface area contributed by atoms with E-state index in [1.54, 1.807) is 0 Å². The van der Waals surface area contributed by atoms with Crippen LogP contribution in [-0.2, 0) is 17.6 Å². The van der Waals surface area contributed by atoms with E-state index in [0.29, 0.717) is 24.7 Å². The van der Waals surface area contributed by atoms with Gasteiger partial charge >= 0.3 is 0 Å². The molecular weight excluding hydrogens is 266 g/mol. The summed E-state index contributed by atoms with van der Waals surface area (Å²) in [5, 5.41) is 7.69. The average molecular weight is 291 g/mol. The van der Waals surface area contributed by atoms with Crippen molar-refractivity contribution in [2.24, 2.45) is 5.73 Å². The van der Waals surface area contributed by atoms with E-state index in [2.05, 4.69) is 11.9 Å². The molecule has 0 unspecified atom stereocenters. The first-order valence-corrected chi connectivity index (χ1v) is 7.80. The number of amidine groups is 1. The fraction of sp³-hybridized carbons (Fsp3) is 0.625. The Balaban J connectivity index is 1.98. The number of nitrogens with one attached hydrogen (secondary N) is 1. The number of rotatable bonds is 8. The van der Waals surface area contributed by atoms with E-state index in [1.165, 1.54) is 18.4 Å². The van der Waals surface area contributed by atoms with Crippen LogP contribution in [0, 0.1) is 5.41 Å². The van der Waals surface area contributed by atoms with Crippen molar-refractivity contribution in [3.8, 4) is 5.88 Å². The lowest BCUT2D eigenvalue weighted by atomic mass is 9.95. The molecule has 5 heteroatoms. The van der Waals surface area contributed by atoms with Gasteiger partial charge in [-0.25, -0.2) is 4.98 Å². The highest BCUT2D eigenvalue weighted by Crippen LogP contribution is 2.25. The van der Waals surface area contributed by atoms with Gasteiger partial charge in [-0.05, 0) is 43.7 Å². The van der Waals surface area contributed by atoms with Crippen LogP contribution in [0.2, 0.25) is 0 Å². The van der Waals surface area contributed by atoms with Crippen molar-refractivity contribution >= 4 is 5.84 Å². The topological polar surface area (TPSA) is 81.2 Å². The lowest BCUT2D eigenvalue weighted by Gasteiger charge is -2.18. The first kappa shape index (κ1) is 15.8. The third-order valence-corrected chi connectivity index (χ3v) is 3.66. The smallest absolute Gasteiger partial charge is 0.224 e. The van der Waals surface area contributed by atoms with Crippen molar-refractivity contribution in [1.29, 1.82) is 5.41 Å². The molecule has 0 aromatic carbocycles. The molecule has 0 aliphatic heterocycles. The molecule has 116 valence electrons. The number of nitrogens with two attached hydrogens (primary N) is 1. The van der Waals surface area contributed by atoms with Gasteiger partial charge in [-0.15, -0.1) is 0 Å². The summed E-state index contributed by atoms with van der Waals surface area (Å²) in [6.45, 7) is 3.87. The van der Waals surface area contributed by atoms with Gasteiger partial charge in [0.1, 0.15) is 12.4 Å². The Kier molecular flexibility index (Phi) is 5.99. The molecular formula is C16H25N3O2. The fourth-order valence-corrected chi connectivity index (χ4v) is 2.46. The highest BCUT2D eigenvalue weighted by molar-refractivity contribution is 5.97. The molecule has 3 N–H and O–H groups in total. The summed E-state index contributed by atoms with van der Waals surface area (Å²) in [6, 6.07) is 1.97. The van der Waals surface area contributed by atoms with Gasteiger partial charge < -0.3 is 15.2 Å². The van der Waals surface area contributed by atoms with Crippen LogP contribution in [0.1, 0.15) is 49.4 Å². The summed E-state index contributed by atoms with van der Waals surface area (Å²) >= 11 is 0. The SMILES string of the molecule is CCCCOCCOc1nc2c(cc1C(=N)N)CCCC2. The summed E-state index contributed by atoms with van der Waals surface area (Å²) in [5.41, 5.74) is 8.55. The maximum absolute atomic E-state index is 7.69. The molecule has 1 aromatic rings. The van der Waals surface area contributed by atoms with E-state index in [-0.39, 0.29) is 5.84 Å². The van der Waals surface area contributed by atoms with Gasteiger partial charge in [0.05, 0.1) is 12.2 Å². The largest absolute Gasteiger partial charge is 0.475 e. The number of ether oxygens (including phenoxy) is 2. The Bertz CT molecular complexity index is 489. The predicted octanol–water partition coefficient (Wildman–Crippen LogP) is 2.44. The van der Waals surface area contributed by atoms with Crippen molar-refractivity contribution in [3.63, 3.8) is 0 Å². The van der Waals surface area contributed by atoms with E-state index < -0.39 is 0 Å². The zero-order valence-corrected chi connectivity index (χ0v) is 12.8. The van der Waals surface area contributed by atoms with Crippen LogP contribution >= 0.6 is 0 Å². The molecule has 0 fully saturated rings. The third kappa shape index (κ3) is 4.43. The molecule has 0 bridgehead atoms. The van der Waals surface area contributed by atoms with Crippen LogP contribution < -0.4 is 10.5 Å². The molecule has 1 aromatic heterocycles. The fourth-order valence-electron chi connectivity index (χ4n) is 2.46. The summed E-state index contributed by atoms with van der Waals surface area (Å²) in [5.74, 6) is 0.486. The lowest BCUT2D eigenvalue weighted by molar-refractivity contribution is 0.0963. The number of unbranched alkanes of at least 4 members (excludes halogenated alkanes) is 1. The standard InChI is InChI=1S/C16H25N3O2/c1-2-3-8-20-9-10-21-16-13(15(17)18)11-12-6-4-5-7-14(12)19-16/h11H,2-10H2,1H3,(H3,17,18). The number of aromatic nitrogens is 1. The number of nitrogens with zero attached hydrogens (tertiary/aromatic N) is 1. The predicted molar refractivity (Wildman–Crippen MR) is 83.1 cm³/mol. The van der Waals surface area contributed by atoms with Gasteiger partial charge in [0.15, 0.2) is 0 Å². The quantitative estimate of drug-likeness (QED) is 0.438. The number of hydrogen-bond donors (Lipinski definition) is 2. The Hall–Kier alpha value is -1.62. The van der Waals surface area contributed by atoms with E-state index in [1.807, 2.05) is 6.07 Å². The Morgan fingerprint density at radius 1 is 1.29 bits per heavy atom. The zero-order valence-electron chi connectivity index (χ0n) is 12.8. The molecule has 0 atom stereocenters. The van der Waals surface area contributed by atoms with Crippen molar-refractivity contribution in [3.05, 3.63) is 22.9 Å². The van der Waals surface area contributed by atoms with Crippen LogP contribution in [0.15, 0.2) is 6.07 Å². The summed E-state index contributed by atoms with van der Waals surface area (Å²) in [4.78, 5) is 4.57. The Morgan fingerprint density at radius 2 is 2.10 bits per heavy atom. The molecule has 0 amide bonds. The van der Waals surface area contributed by atoms with Crippen molar-refractivity contribution in [1.82, 2.24) is 4.98 Å². The molecule has 1 heterocycles. The minimum absolute atomic E-state index is 0.0118. The maximum atomic E-state index is 7.69. The van der Waals surface area contributed by atoms with Crippen LogP contribution in [-0.4, -0.2) is 30.6 Å². The molecule has 1 aliphatic rings. The molecule has 0 saturated heterocycles. The van der Waals surface area contributed by atoms with E-state index >= 15 is 0 Å². The molecule has 5 nitrogen and oxygen atoms in total. The third-order valence-electron chi connectivity index (χ3n) is 3.66. The minimum atomic E-state index is 0.0118. The van der Waals surface area contributed by atoms with Crippen molar-refractivity contribution in [2.75, 3.05) is 19.8 Å². The lowest BCUT2D eigenvalue weighted by Crippen LogP contribution is -2.18. The summed E-state index contributed by atoms with van der Waals surface area (Å²) in [7, 11) is 0. The maximum Gasteiger partial charge on any atom is 0.224 e. The van der Waals surface area contributed by atoms with Crippen LogP contribution in [0.5, 0.6) is 5.88 Å². The molecule has 0 radical (unpaired) electrons. The number of pyridine rings is 1. The number of hydrogen-bond acceptors (Lipinski definition) is 4. The molecule has 2 rings (SSSR count). The average Bonchev–Trinajstić information content (AvgIpc) is 2.49. The Morgan fingerprint density at radius 3 is 2.86 bits per heavy atom.